The molecule has 0 aliphatic carbocycles. The second-order valence-corrected chi connectivity index (χ2v) is 9.09. The number of likely N-dealkylation sites (tertiary alicyclic amines) is 1. The number of benzene rings is 2. The molecule has 1 aromatic heterocycles. The van der Waals surface area contributed by atoms with E-state index in [1.54, 1.807) is 12.1 Å². The van der Waals surface area contributed by atoms with Gasteiger partial charge in [-0.1, -0.05) is 23.8 Å². The van der Waals surface area contributed by atoms with Crippen molar-refractivity contribution < 1.29 is 9.18 Å². The van der Waals surface area contributed by atoms with Crippen LogP contribution in [0, 0.1) is 19.7 Å². The minimum atomic E-state index is -0.212. The average Bonchev–Trinajstić information content (AvgIpc) is 3.32. The van der Waals surface area contributed by atoms with Crippen LogP contribution in [-0.4, -0.2) is 53.1 Å². The van der Waals surface area contributed by atoms with Crippen molar-refractivity contribution in [2.75, 3.05) is 32.7 Å². The zero-order chi connectivity index (χ0) is 22.2. The number of aromatic nitrogens is 1. The van der Waals surface area contributed by atoms with Crippen molar-refractivity contribution in [1.29, 1.82) is 0 Å². The number of carbonyl (C=O) groups excluding carboxylic acids is 1. The molecule has 5 rings (SSSR count). The molecule has 3 aromatic rings. The molecule has 1 N–H and O–H groups in total. The minimum Gasteiger partial charge on any atom is -0.336 e. The number of hydrogen-bond acceptors (Lipinski definition) is 2. The molecule has 1 atom stereocenters. The molecule has 2 aliphatic rings. The van der Waals surface area contributed by atoms with Crippen molar-refractivity contribution >= 4 is 16.9 Å². The lowest BCUT2D eigenvalue weighted by Gasteiger charge is -2.38. The SMILES string of the molecule is Cc1ccc2c(c1)c(-c1ccc(F)cc1)c(C)n2C1CCCCN1CCN1CCNC1=O. The van der Waals surface area contributed by atoms with E-state index in [4.69, 9.17) is 0 Å². The molecule has 32 heavy (non-hydrogen) atoms. The summed E-state index contributed by atoms with van der Waals surface area (Å²) < 4.78 is 16.1. The Hall–Kier alpha value is -2.86. The molecule has 1 unspecified atom stereocenters. The number of urea groups is 1. The van der Waals surface area contributed by atoms with Gasteiger partial charge in [-0.15, -0.1) is 0 Å². The van der Waals surface area contributed by atoms with Crippen molar-refractivity contribution in [2.24, 2.45) is 0 Å². The van der Waals surface area contributed by atoms with Crippen LogP contribution < -0.4 is 5.32 Å². The smallest absolute Gasteiger partial charge is 0.317 e. The highest BCUT2D eigenvalue weighted by Crippen LogP contribution is 2.40. The fourth-order valence-electron chi connectivity index (χ4n) is 5.42. The van der Waals surface area contributed by atoms with Gasteiger partial charge >= 0.3 is 6.03 Å². The van der Waals surface area contributed by atoms with E-state index in [1.165, 1.54) is 40.6 Å². The van der Waals surface area contributed by atoms with E-state index in [0.29, 0.717) is 0 Å². The van der Waals surface area contributed by atoms with E-state index in [9.17, 15) is 9.18 Å². The van der Waals surface area contributed by atoms with E-state index in [-0.39, 0.29) is 18.0 Å². The summed E-state index contributed by atoms with van der Waals surface area (Å²) >= 11 is 0. The highest BCUT2D eigenvalue weighted by atomic mass is 19.1. The number of nitrogens with zero attached hydrogens (tertiary/aromatic N) is 3. The minimum absolute atomic E-state index is 0.0511. The fourth-order valence-corrected chi connectivity index (χ4v) is 5.42. The van der Waals surface area contributed by atoms with Crippen LogP contribution in [0.25, 0.3) is 22.0 Å². The van der Waals surface area contributed by atoms with Crippen LogP contribution in [0.4, 0.5) is 9.18 Å². The first-order chi connectivity index (χ1) is 15.5. The summed E-state index contributed by atoms with van der Waals surface area (Å²) in [4.78, 5) is 16.5. The third kappa shape index (κ3) is 3.77. The van der Waals surface area contributed by atoms with Crippen molar-refractivity contribution in [3.8, 4) is 11.1 Å². The summed E-state index contributed by atoms with van der Waals surface area (Å²) in [5.74, 6) is -0.212. The average molecular weight is 435 g/mol. The molecule has 0 spiro atoms. The molecule has 2 amide bonds. The number of halogens is 1. The van der Waals surface area contributed by atoms with Crippen LogP contribution >= 0.6 is 0 Å². The maximum Gasteiger partial charge on any atom is 0.317 e. The van der Waals surface area contributed by atoms with Gasteiger partial charge in [0.25, 0.3) is 0 Å². The normalized spacial score (nSPS) is 19.7. The van der Waals surface area contributed by atoms with E-state index >= 15 is 0 Å². The molecule has 0 bridgehead atoms. The summed E-state index contributed by atoms with van der Waals surface area (Å²) in [6.07, 6.45) is 3.73. The van der Waals surface area contributed by atoms with Gasteiger partial charge in [-0.25, -0.2) is 9.18 Å². The number of aryl methyl sites for hydroxylation is 1. The third-order valence-electron chi connectivity index (χ3n) is 7.02. The van der Waals surface area contributed by atoms with Crippen LogP contribution in [-0.2, 0) is 0 Å². The van der Waals surface area contributed by atoms with Crippen molar-refractivity contribution in [2.45, 2.75) is 39.3 Å². The molecule has 0 radical (unpaired) electrons. The Morgan fingerprint density at radius 2 is 1.84 bits per heavy atom. The van der Waals surface area contributed by atoms with Gasteiger partial charge < -0.3 is 14.8 Å². The zero-order valence-corrected chi connectivity index (χ0v) is 18.9. The van der Waals surface area contributed by atoms with E-state index in [2.05, 4.69) is 46.8 Å². The molecule has 6 heteroatoms. The first kappa shape index (κ1) is 21.0. The lowest BCUT2D eigenvalue weighted by atomic mass is 10.0. The summed E-state index contributed by atoms with van der Waals surface area (Å²) in [5, 5.41) is 4.12. The van der Waals surface area contributed by atoms with Gasteiger partial charge in [-0.05, 0) is 62.9 Å². The number of carbonyl (C=O) groups is 1. The van der Waals surface area contributed by atoms with Crippen LogP contribution in [0.15, 0.2) is 42.5 Å². The molecule has 2 saturated heterocycles. The Kier molecular flexibility index (Phi) is 5.64. The first-order valence-corrected chi connectivity index (χ1v) is 11.7. The van der Waals surface area contributed by atoms with Crippen LogP contribution in [0.3, 0.4) is 0 Å². The van der Waals surface area contributed by atoms with Gasteiger partial charge in [0.2, 0.25) is 0 Å². The quantitative estimate of drug-likeness (QED) is 0.609. The Labute approximate surface area is 188 Å². The van der Waals surface area contributed by atoms with Gasteiger partial charge in [-0.3, -0.25) is 4.90 Å². The zero-order valence-electron chi connectivity index (χ0n) is 18.9. The van der Waals surface area contributed by atoms with Crippen molar-refractivity contribution in [3.63, 3.8) is 0 Å². The third-order valence-corrected chi connectivity index (χ3v) is 7.02. The molecule has 2 fully saturated rings. The lowest BCUT2D eigenvalue weighted by Crippen LogP contribution is -2.42. The maximum atomic E-state index is 13.6. The molecule has 3 heterocycles. The molecule has 0 saturated carbocycles. The van der Waals surface area contributed by atoms with Gasteiger partial charge in [0.1, 0.15) is 5.82 Å². The van der Waals surface area contributed by atoms with Crippen molar-refractivity contribution in [1.82, 2.24) is 19.7 Å². The standard InChI is InChI=1S/C26H31FN4O/c1-18-6-11-23-22(17-18)25(20-7-9-21(27)10-8-20)19(2)31(23)24-5-3-4-13-29(24)15-16-30-14-12-28-26(30)32/h6-11,17,24H,3-5,12-16H2,1-2H3,(H,28,32). The predicted molar refractivity (Wildman–Crippen MR) is 126 cm³/mol. The summed E-state index contributed by atoms with van der Waals surface area (Å²) in [5.41, 5.74) is 5.90. The lowest BCUT2D eigenvalue weighted by molar-refractivity contribution is 0.0893. The number of amides is 2. The molecule has 5 nitrogen and oxygen atoms in total. The summed E-state index contributed by atoms with van der Waals surface area (Å²) in [6.45, 7) is 8.50. The van der Waals surface area contributed by atoms with Gasteiger partial charge in [0.15, 0.2) is 0 Å². The molecular weight excluding hydrogens is 403 g/mol. The highest BCUT2D eigenvalue weighted by molar-refractivity contribution is 5.98. The number of fused-ring (bicyclic) bond motifs is 1. The Balaban J connectivity index is 1.55. The van der Waals surface area contributed by atoms with E-state index in [0.717, 1.165) is 44.7 Å². The van der Waals surface area contributed by atoms with Crippen LogP contribution in [0.2, 0.25) is 0 Å². The molecule has 2 aliphatic heterocycles. The number of hydrogen-bond donors (Lipinski definition) is 1. The number of rotatable bonds is 5. The predicted octanol–water partition coefficient (Wildman–Crippen LogP) is 5.07. The molecular formula is C26H31FN4O. The van der Waals surface area contributed by atoms with Gasteiger partial charge in [0.05, 0.1) is 11.7 Å². The van der Waals surface area contributed by atoms with E-state index in [1.807, 2.05) is 17.0 Å². The topological polar surface area (TPSA) is 40.5 Å². The summed E-state index contributed by atoms with van der Waals surface area (Å²) in [7, 11) is 0. The van der Waals surface area contributed by atoms with Crippen LogP contribution in [0.1, 0.15) is 36.7 Å². The van der Waals surface area contributed by atoms with Gasteiger partial charge in [0, 0.05) is 49.4 Å². The molecule has 2 aromatic carbocycles. The van der Waals surface area contributed by atoms with Crippen molar-refractivity contribution in [3.05, 3.63) is 59.5 Å². The Morgan fingerprint density at radius 3 is 2.59 bits per heavy atom. The Morgan fingerprint density at radius 1 is 1.03 bits per heavy atom. The summed E-state index contributed by atoms with van der Waals surface area (Å²) in [6, 6.07) is 13.6. The largest absolute Gasteiger partial charge is 0.336 e. The second-order valence-electron chi connectivity index (χ2n) is 9.09. The fraction of sp³-hybridized carbons (Fsp3) is 0.423. The van der Waals surface area contributed by atoms with E-state index < -0.39 is 0 Å². The number of nitrogens with one attached hydrogen (secondary N) is 1. The molecule has 168 valence electrons. The second kappa shape index (κ2) is 8.58. The maximum absolute atomic E-state index is 13.6. The first-order valence-electron chi connectivity index (χ1n) is 11.7. The highest BCUT2D eigenvalue weighted by Gasteiger charge is 2.29. The van der Waals surface area contributed by atoms with Crippen LogP contribution in [0.5, 0.6) is 0 Å². The van der Waals surface area contributed by atoms with Gasteiger partial charge in [-0.2, -0.15) is 0 Å². The monoisotopic (exact) mass is 434 g/mol. The Bertz CT molecular complexity index is 1140. The number of piperidine rings is 1.